The zero-order valence-electron chi connectivity index (χ0n) is 15.0. The minimum Gasteiger partial charge on any atom is -0.345 e. The van der Waals surface area contributed by atoms with Crippen LogP contribution in [0.4, 0.5) is 10.1 Å². The number of benzene rings is 2. The molecule has 1 heterocycles. The van der Waals surface area contributed by atoms with Crippen molar-refractivity contribution >= 4 is 39.9 Å². The Bertz CT molecular complexity index is 1130. The molecule has 2 aromatic carbocycles. The maximum atomic E-state index is 13.1. The maximum Gasteiger partial charge on any atom is 0.259 e. The van der Waals surface area contributed by atoms with Crippen molar-refractivity contribution in [2.45, 2.75) is 13.5 Å². The molecule has 0 fully saturated rings. The van der Waals surface area contributed by atoms with E-state index in [0.717, 1.165) is 11.5 Å². The van der Waals surface area contributed by atoms with Crippen LogP contribution in [0.15, 0.2) is 53.3 Å². The second-order valence-electron chi connectivity index (χ2n) is 6.22. The minimum absolute atomic E-state index is 0.118. The number of pyridine rings is 1. The molecule has 2 amide bonds. The molecule has 0 unspecified atom stereocenters. The van der Waals surface area contributed by atoms with Crippen LogP contribution in [-0.4, -0.2) is 22.9 Å². The van der Waals surface area contributed by atoms with E-state index in [0.29, 0.717) is 16.8 Å². The fourth-order valence-corrected chi connectivity index (χ4v) is 2.96. The smallest absolute Gasteiger partial charge is 0.259 e. The lowest BCUT2D eigenvalue weighted by molar-refractivity contribution is -0.124. The van der Waals surface area contributed by atoms with Gasteiger partial charge in [0.05, 0.1) is 11.6 Å². The molecule has 0 aliphatic carbocycles. The molecule has 0 aliphatic heterocycles. The van der Waals surface area contributed by atoms with E-state index in [9.17, 15) is 18.8 Å². The highest BCUT2D eigenvalue weighted by Crippen LogP contribution is 2.19. The summed E-state index contributed by atoms with van der Waals surface area (Å²) in [6.45, 7) is 1.24. The molecular formula is C20H17ClFN3O3. The third-order valence-electron chi connectivity index (χ3n) is 4.18. The molecule has 3 rings (SSSR count). The summed E-state index contributed by atoms with van der Waals surface area (Å²) in [5.41, 5.74) is 0.688. The van der Waals surface area contributed by atoms with Gasteiger partial charge in [0.2, 0.25) is 11.8 Å². The minimum atomic E-state index is -0.593. The van der Waals surface area contributed by atoms with Gasteiger partial charge in [-0.1, -0.05) is 29.8 Å². The number of halogens is 2. The van der Waals surface area contributed by atoms with Crippen LogP contribution < -0.4 is 16.2 Å². The second-order valence-corrected chi connectivity index (χ2v) is 6.63. The van der Waals surface area contributed by atoms with Gasteiger partial charge < -0.3 is 15.2 Å². The van der Waals surface area contributed by atoms with Crippen molar-refractivity contribution in [1.29, 1.82) is 0 Å². The summed E-state index contributed by atoms with van der Waals surface area (Å²) in [4.78, 5) is 36.7. The van der Waals surface area contributed by atoms with E-state index in [1.807, 2.05) is 18.2 Å². The third kappa shape index (κ3) is 4.37. The van der Waals surface area contributed by atoms with Crippen molar-refractivity contribution < 1.29 is 14.0 Å². The quantitative estimate of drug-likeness (QED) is 0.690. The van der Waals surface area contributed by atoms with E-state index in [4.69, 9.17) is 11.6 Å². The average molecular weight is 402 g/mol. The fraction of sp³-hybridized carbons (Fsp3) is 0.150. The number of amides is 2. The topological polar surface area (TPSA) is 80.2 Å². The summed E-state index contributed by atoms with van der Waals surface area (Å²) >= 11 is 5.66. The van der Waals surface area contributed by atoms with Crippen molar-refractivity contribution in [2.75, 3.05) is 11.9 Å². The van der Waals surface area contributed by atoms with Gasteiger partial charge in [0.25, 0.3) is 5.56 Å². The lowest BCUT2D eigenvalue weighted by atomic mass is 10.1. The molecule has 0 saturated carbocycles. The normalized spacial score (nSPS) is 10.7. The summed E-state index contributed by atoms with van der Waals surface area (Å²) in [6.07, 6.45) is 0. The molecule has 0 spiro atoms. The van der Waals surface area contributed by atoms with Crippen molar-refractivity contribution in [3.8, 4) is 0 Å². The van der Waals surface area contributed by atoms with E-state index in [2.05, 4.69) is 10.6 Å². The summed E-state index contributed by atoms with van der Waals surface area (Å²) < 4.78 is 14.5. The highest BCUT2D eigenvalue weighted by Gasteiger charge is 2.12. The summed E-state index contributed by atoms with van der Waals surface area (Å²) in [7, 11) is 0. The van der Waals surface area contributed by atoms with Gasteiger partial charge in [0, 0.05) is 16.8 Å². The zero-order chi connectivity index (χ0) is 20.3. The van der Waals surface area contributed by atoms with Crippen LogP contribution in [0, 0.1) is 12.7 Å². The standard InChI is InChI=1S/C20H17ClFN3O3/c1-12-8-13-4-2-3-5-15(13)20(28)25(12)11-19(27)23-10-18(26)24-14-6-7-17(22)16(21)9-14/h2-9H,10-11H2,1H3,(H,23,27)(H,24,26). The second kappa shape index (κ2) is 8.22. The first-order chi connectivity index (χ1) is 13.3. The first kappa shape index (κ1) is 19.6. The van der Waals surface area contributed by atoms with Crippen LogP contribution in [0.3, 0.4) is 0 Å². The third-order valence-corrected chi connectivity index (χ3v) is 4.47. The molecule has 1 aromatic heterocycles. The molecule has 0 atom stereocenters. The van der Waals surface area contributed by atoms with Gasteiger partial charge in [-0.05, 0) is 42.6 Å². The van der Waals surface area contributed by atoms with Gasteiger partial charge in [-0.25, -0.2) is 4.39 Å². The molecule has 0 saturated heterocycles. The number of nitrogens with one attached hydrogen (secondary N) is 2. The Hall–Kier alpha value is -3.19. The van der Waals surface area contributed by atoms with E-state index >= 15 is 0 Å². The molecular weight excluding hydrogens is 385 g/mol. The van der Waals surface area contributed by atoms with E-state index in [-0.39, 0.29) is 23.7 Å². The summed E-state index contributed by atoms with van der Waals surface area (Å²) in [5.74, 6) is -1.57. The molecule has 8 heteroatoms. The largest absolute Gasteiger partial charge is 0.345 e. The van der Waals surface area contributed by atoms with Crippen LogP contribution >= 0.6 is 11.6 Å². The number of anilines is 1. The molecule has 28 heavy (non-hydrogen) atoms. The molecule has 6 nitrogen and oxygen atoms in total. The maximum absolute atomic E-state index is 13.1. The molecule has 144 valence electrons. The molecule has 0 radical (unpaired) electrons. The SMILES string of the molecule is Cc1cc2ccccc2c(=O)n1CC(=O)NCC(=O)Nc1ccc(F)c(Cl)c1. The molecule has 0 bridgehead atoms. The first-order valence-electron chi connectivity index (χ1n) is 8.46. The van der Waals surface area contributed by atoms with E-state index < -0.39 is 17.6 Å². The lowest BCUT2D eigenvalue weighted by Crippen LogP contribution is -2.37. The zero-order valence-corrected chi connectivity index (χ0v) is 15.7. The van der Waals surface area contributed by atoms with Crippen molar-refractivity contribution in [2.24, 2.45) is 0 Å². The monoisotopic (exact) mass is 401 g/mol. The number of fused-ring (bicyclic) bond motifs is 1. The van der Waals surface area contributed by atoms with Crippen molar-refractivity contribution in [3.05, 3.63) is 75.4 Å². The van der Waals surface area contributed by atoms with Gasteiger partial charge in [-0.2, -0.15) is 0 Å². The van der Waals surface area contributed by atoms with Crippen molar-refractivity contribution in [3.63, 3.8) is 0 Å². The van der Waals surface area contributed by atoms with Gasteiger partial charge >= 0.3 is 0 Å². The van der Waals surface area contributed by atoms with Crippen LogP contribution in [0.2, 0.25) is 5.02 Å². The van der Waals surface area contributed by atoms with Gasteiger partial charge in [0.1, 0.15) is 12.4 Å². The Morgan fingerprint density at radius 2 is 1.86 bits per heavy atom. The Morgan fingerprint density at radius 1 is 1.11 bits per heavy atom. The van der Waals surface area contributed by atoms with Crippen molar-refractivity contribution in [1.82, 2.24) is 9.88 Å². The van der Waals surface area contributed by atoms with Gasteiger partial charge in [-0.3, -0.25) is 14.4 Å². The van der Waals surface area contributed by atoms with Gasteiger partial charge in [-0.15, -0.1) is 0 Å². The Kier molecular flexibility index (Phi) is 5.75. The number of nitrogens with zero attached hydrogens (tertiary/aromatic N) is 1. The number of hydrogen-bond donors (Lipinski definition) is 2. The number of aryl methyl sites for hydroxylation is 1. The number of rotatable bonds is 5. The van der Waals surface area contributed by atoms with Crippen LogP contribution in [0.5, 0.6) is 0 Å². The van der Waals surface area contributed by atoms with E-state index in [1.54, 1.807) is 19.1 Å². The number of carbonyl (C=O) groups is 2. The Balaban J connectivity index is 1.63. The van der Waals surface area contributed by atoms with E-state index in [1.165, 1.54) is 16.7 Å². The fourth-order valence-electron chi connectivity index (χ4n) is 2.78. The molecule has 2 N–H and O–H groups in total. The average Bonchev–Trinajstić information content (AvgIpc) is 2.66. The van der Waals surface area contributed by atoms with Gasteiger partial charge in [0.15, 0.2) is 0 Å². The predicted molar refractivity (Wildman–Crippen MR) is 106 cm³/mol. The number of carbonyl (C=O) groups excluding carboxylic acids is 2. The lowest BCUT2D eigenvalue weighted by Gasteiger charge is -2.12. The van der Waals surface area contributed by atoms with Crippen LogP contribution in [0.25, 0.3) is 10.8 Å². The molecule has 0 aliphatic rings. The van der Waals surface area contributed by atoms with Crippen LogP contribution in [0.1, 0.15) is 5.69 Å². The summed E-state index contributed by atoms with van der Waals surface area (Å²) in [6, 6.07) is 12.7. The predicted octanol–water partition coefficient (Wildman–Crippen LogP) is 2.86. The summed E-state index contributed by atoms with van der Waals surface area (Å²) in [5, 5.41) is 6.17. The Labute approximate surface area is 164 Å². The highest BCUT2D eigenvalue weighted by molar-refractivity contribution is 6.31. The highest BCUT2D eigenvalue weighted by atomic mass is 35.5. The number of hydrogen-bond acceptors (Lipinski definition) is 3. The Morgan fingerprint density at radius 3 is 2.61 bits per heavy atom. The van der Waals surface area contributed by atoms with Crippen LogP contribution in [-0.2, 0) is 16.1 Å². The molecule has 3 aromatic rings. The first-order valence-corrected chi connectivity index (χ1v) is 8.84. The number of aromatic nitrogens is 1.